The van der Waals surface area contributed by atoms with E-state index < -0.39 is 0 Å². The van der Waals surface area contributed by atoms with Crippen molar-refractivity contribution in [1.82, 2.24) is 19.6 Å². The minimum atomic E-state index is 0.361. The van der Waals surface area contributed by atoms with Gasteiger partial charge in [0.1, 0.15) is 10.3 Å². The molecule has 0 amide bonds. The van der Waals surface area contributed by atoms with E-state index in [4.69, 9.17) is 23.2 Å². The molecule has 0 fully saturated rings. The van der Waals surface area contributed by atoms with E-state index in [9.17, 15) is 0 Å². The van der Waals surface area contributed by atoms with Crippen molar-refractivity contribution in [3.8, 4) is 11.4 Å². The van der Waals surface area contributed by atoms with Crippen molar-refractivity contribution in [1.29, 1.82) is 0 Å². The van der Waals surface area contributed by atoms with Gasteiger partial charge in [-0.3, -0.25) is 0 Å². The first-order chi connectivity index (χ1) is 8.66. The molecule has 0 atom stereocenters. The molecule has 0 saturated heterocycles. The molecule has 3 heterocycles. The largest absolute Gasteiger partial charge is 0.240 e. The van der Waals surface area contributed by atoms with Crippen LogP contribution in [-0.2, 0) is 0 Å². The predicted molar refractivity (Wildman–Crippen MR) is 71.0 cm³/mol. The van der Waals surface area contributed by atoms with Crippen LogP contribution in [0.3, 0.4) is 0 Å². The highest BCUT2D eigenvalue weighted by atomic mass is 35.5. The van der Waals surface area contributed by atoms with Gasteiger partial charge in [-0.1, -0.05) is 29.3 Å². The topological polar surface area (TPSA) is 43.1 Å². The van der Waals surface area contributed by atoms with Crippen LogP contribution in [0.15, 0.2) is 30.6 Å². The van der Waals surface area contributed by atoms with Crippen molar-refractivity contribution in [2.45, 2.75) is 6.92 Å². The number of halogens is 2. The standard InChI is InChI=1S/C12H8Cl2N4/c1-7-10(13)16-12(17-11(7)14)8-6-15-18-5-3-2-4-9(8)18/h2-6H,1H3. The molecule has 0 radical (unpaired) electrons. The fourth-order valence-electron chi connectivity index (χ4n) is 1.69. The number of pyridine rings is 1. The highest BCUT2D eigenvalue weighted by Crippen LogP contribution is 2.26. The fourth-order valence-corrected chi connectivity index (χ4v) is 2.08. The molecule has 0 unspecified atom stereocenters. The van der Waals surface area contributed by atoms with Gasteiger partial charge >= 0.3 is 0 Å². The van der Waals surface area contributed by atoms with Crippen LogP contribution in [0.1, 0.15) is 5.56 Å². The Morgan fingerprint density at radius 2 is 1.83 bits per heavy atom. The van der Waals surface area contributed by atoms with Crippen LogP contribution in [0.25, 0.3) is 16.9 Å². The van der Waals surface area contributed by atoms with Gasteiger partial charge in [0.25, 0.3) is 0 Å². The van der Waals surface area contributed by atoms with Crippen molar-refractivity contribution >= 4 is 28.7 Å². The predicted octanol–water partition coefficient (Wildman–Crippen LogP) is 3.41. The maximum atomic E-state index is 6.02. The summed E-state index contributed by atoms with van der Waals surface area (Å²) in [4.78, 5) is 8.49. The van der Waals surface area contributed by atoms with Gasteiger partial charge < -0.3 is 0 Å². The van der Waals surface area contributed by atoms with E-state index in [0.717, 1.165) is 11.1 Å². The minimum absolute atomic E-state index is 0.361. The van der Waals surface area contributed by atoms with Gasteiger partial charge in [-0.05, 0) is 19.1 Å². The zero-order valence-electron chi connectivity index (χ0n) is 9.43. The van der Waals surface area contributed by atoms with E-state index in [-0.39, 0.29) is 0 Å². The third-order valence-electron chi connectivity index (χ3n) is 2.69. The summed E-state index contributed by atoms with van der Waals surface area (Å²) in [6.07, 6.45) is 3.56. The lowest BCUT2D eigenvalue weighted by molar-refractivity contribution is 0.961. The first-order valence-corrected chi connectivity index (χ1v) is 6.05. The van der Waals surface area contributed by atoms with Gasteiger partial charge in [0.2, 0.25) is 0 Å². The van der Waals surface area contributed by atoms with E-state index in [0.29, 0.717) is 21.7 Å². The summed E-state index contributed by atoms with van der Waals surface area (Å²) in [5.74, 6) is 0.483. The molecule has 0 aromatic carbocycles. The van der Waals surface area contributed by atoms with E-state index in [1.54, 1.807) is 17.6 Å². The third-order valence-corrected chi connectivity index (χ3v) is 3.43. The number of fused-ring (bicyclic) bond motifs is 1. The lowest BCUT2D eigenvalue weighted by Gasteiger charge is -2.03. The first kappa shape index (κ1) is 11.4. The Hall–Kier alpha value is -1.65. The summed E-state index contributed by atoms with van der Waals surface area (Å²) < 4.78 is 1.75. The normalized spacial score (nSPS) is 11.1. The molecule has 18 heavy (non-hydrogen) atoms. The molecule has 0 aliphatic heterocycles. The Labute approximate surface area is 113 Å². The average molecular weight is 279 g/mol. The van der Waals surface area contributed by atoms with Crippen LogP contribution in [0.2, 0.25) is 10.3 Å². The molecular formula is C12H8Cl2N4. The molecule has 4 nitrogen and oxygen atoms in total. The van der Waals surface area contributed by atoms with Crippen LogP contribution in [0.5, 0.6) is 0 Å². The summed E-state index contributed by atoms with van der Waals surface area (Å²) in [7, 11) is 0. The molecule has 90 valence electrons. The molecule has 0 spiro atoms. The molecule has 0 saturated carbocycles. The van der Waals surface area contributed by atoms with Crippen LogP contribution in [0.4, 0.5) is 0 Å². The number of rotatable bonds is 1. The maximum absolute atomic E-state index is 6.02. The molecule has 0 aliphatic rings. The summed E-state index contributed by atoms with van der Waals surface area (Å²) in [5.41, 5.74) is 2.39. The number of hydrogen-bond donors (Lipinski definition) is 0. The van der Waals surface area contributed by atoms with Crippen LogP contribution in [-0.4, -0.2) is 19.6 Å². The van der Waals surface area contributed by atoms with Gasteiger partial charge in [0.05, 0.1) is 17.3 Å². The van der Waals surface area contributed by atoms with E-state index >= 15 is 0 Å². The Kier molecular flexibility index (Phi) is 2.69. The Morgan fingerprint density at radius 1 is 1.11 bits per heavy atom. The second-order valence-corrected chi connectivity index (χ2v) is 4.56. The Morgan fingerprint density at radius 3 is 2.56 bits per heavy atom. The summed E-state index contributed by atoms with van der Waals surface area (Å²) in [6, 6.07) is 5.77. The molecule has 0 aliphatic carbocycles. The van der Waals surface area contributed by atoms with E-state index in [1.807, 2.05) is 24.4 Å². The van der Waals surface area contributed by atoms with Gasteiger partial charge in [0.15, 0.2) is 5.82 Å². The molecule has 6 heteroatoms. The van der Waals surface area contributed by atoms with Gasteiger partial charge in [-0.2, -0.15) is 5.10 Å². The Bertz CT molecular complexity index is 713. The molecule has 3 rings (SSSR count). The lowest BCUT2D eigenvalue weighted by atomic mass is 10.2. The van der Waals surface area contributed by atoms with E-state index in [2.05, 4.69) is 15.1 Å². The Balaban J connectivity index is 2.26. The lowest BCUT2D eigenvalue weighted by Crippen LogP contribution is -1.93. The molecule has 0 N–H and O–H groups in total. The highest BCUT2D eigenvalue weighted by Gasteiger charge is 2.13. The molecule has 0 bridgehead atoms. The highest BCUT2D eigenvalue weighted by molar-refractivity contribution is 6.34. The van der Waals surface area contributed by atoms with Gasteiger partial charge in [-0.25, -0.2) is 14.5 Å². The van der Waals surface area contributed by atoms with Crippen LogP contribution < -0.4 is 0 Å². The number of nitrogens with zero attached hydrogens (tertiary/aromatic N) is 4. The average Bonchev–Trinajstić information content (AvgIpc) is 2.79. The van der Waals surface area contributed by atoms with Gasteiger partial charge in [-0.15, -0.1) is 0 Å². The smallest absolute Gasteiger partial charge is 0.166 e. The summed E-state index contributed by atoms with van der Waals surface area (Å²) in [5, 5.41) is 4.95. The fraction of sp³-hybridized carbons (Fsp3) is 0.0833. The number of aromatic nitrogens is 4. The third kappa shape index (κ3) is 1.74. The first-order valence-electron chi connectivity index (χ1n) is 5.29. The van der Waals surface area contributed by atoms with Crippen molar-refractivity contribution in [2.24, 2.45) is 0 Å². The van der Waals surface area contributed by atoms with E-state index in [1.165, 1.54) is 0 Å². The molecule has 3 aromatic rings. The SMILES string of the molecule is Cc1c(Cl)nc(-c2cnn3ccccc23)nc1Cl. The monoisotopic (exact) mass is 278 g/mol. The van der Waals surface area contributed by atoms with Crippen molar-refractivity contribution in [3.05, 3.63) is 46.5 Å². The second-order valence-electron chi connectivity index (χ2n) is 3.84. The van der Waals surface area contributed by atoms with Gasteiger partial charge in [0, 0.05) is 11.8 Å². The van der Waals surface area contributed by atoms with Crippen molar-refractivity contribution in [2.75, 3.05) is 0 Å². The molecule has 3 aromatic heterocycles. The quantitative estimate of drug-likeness (QED) is 0.641. The summed E-state index contributed by atoms with van der Waals surface area (Å²) >= 11 is 12.0. The molecular weight excluding hydrogens is 271 g/mol. The summed E-state index contributed by atoms with van der Waals surface area (Å²) in [6.45, 7) is 1.78. The maximum Gasteiger partial charge on any atom is 0.166 e. The van der Waals surface area contributed by atoms with Crippen LogP contribution >= 0.6 is 23.2 Å². The minimum Gasteiger partial charge on any atom is -0.240 e. The van der Waals surface area contributed by atoms with Crippen molar-refractivity contribution in [3.63, 3.8) is 0 Å². The zero-order chi connectivity index (χ0) is 12.7. The number of hydrogen-bond acceptors (Lipinski definition) is 3. The zero-order valence-corrected chi connectivity index (χ0v) is 10.9. The van der Waals surface area contributed by atoms with Crippen LogP contribution in [0, 0.1) is 6.92 Å². The van der Waals surface area contributed by atoms with Crippen molar-refractivity contribution < 1.29 is 0 Å². The second kappa shape index (κ2) is 4.23.